The number of pyridine rings is 1. The molecule has 0 radical (unpaired) electrons. The topological polar surface area (TPSA) is 181 Å². The third-order valence-corrected chi connectivity index (χ3v) is 6.29. The SMILES string of the molecule is CC(=O)O.Cc1nc2c(-c3cc4ccccc4n3C(=O)OC(C)(C)C)cc(N(C(=O)OC(C)(C)C)C(=O)OC(C)(C)C)nc2n1C(=O)OC(C)(C)C. The van der Waals surface area contributed by atoms with Gasteiger partial charge in [-0.1, -0.05) is 18.2 Å². The average Bonchev–Trinajstić information content (AvgIpc) is 3.46. The van der Waals surface area contributed by atoms with Crippen molar-refractivity contribution in [2.24, 2.45) is 0 Å². The van der Waals surface area contributed by atoms with E-state index >= 15 is 0 Å². The second kappa shape index (κ2) is 14.6. The number of aryl methyl sites for hydroxylation is 1. The summed E-state index contributed by atoms with van der Waals surface area (Å²) in [5, 5.41) is 8.12. The van der Waals surface area contributed by atoms with Gasteiger partial charge in [-0.2, -0.15) is 4.90 Å². The summed E-state index contributed by atoms with van der Waals surface area (Å²) in [4.78, 5) is 73.8. The number of para-hydroxylation sites is 1. The summed E-state index contributed by atoms with van der Waals surface area (Å²) in [6.45, 7) is 23.0. The number of aliphatic carboxylic acids is 1. The van der Waals surface area contributed by atoms with Gasteiger partial charge in [0.25, 0.3) is 5.97 Å². The zero-order valence-electron chi connectivity index (χ0n) is 32.3. The van der Waals surface area contributed by atoms with E-state index in [4.69, 9.17) is 28.8 Å². The molecule has 0 aliphatic heterocycles. The lowest BCUT2D eigenvalue weighted by atomic mass is 10.1. The van der Waals surface area contributed by atoms with Crippen LogP contribution in [0.2, 0.25) is 0 Å². The number of carbonyl (C=O) groups excluding carboxylic acids is 4. The van der Waals surface area contributed by atoms with Gasteiger partial charge in [-0.15, -0.1) is 0 Å². The van der Waals surface area contributed by atoms with Gasteiger partial charge in [-0.3, -0.25) is 4.79 Å². The first-order valence-electron chi connectivity index (χ1n) is 16.5. The van der Waals surface area contributed by atoms with Crippen molar-refractivity contribution in [1.82, 2.24) is 19.1 Å². The number of hydrogen-bond acceptors (Lipinski definition) is 11. The molecule has 0 saturated heterocycles. The second-order valence-corrected chi connectivity index (χ2v) is 15.9. The van der Waals surface area contributed by atoms with E-state index in [1.807, 2.05) is 12.1 Å². The summed E-state index contributed by atoms with van der Waals surface area (Å²) in [5.41, 5.74) is -2.44. The zero-order chi connectivity index (χ0) is 39.7. The number of carboxylic acids is 1. The quantitative estimate of drug-likeness (QED) is 0.195. The molecular weight excluding hydrogens is 674 g/mol. The Morgan fingerprint density at radius 1 is 0.673 bits per heavy atom. The number of imide groups is 1. The fraction of sp³-hybridized carbons (Fsp3) is 0.486. The number of nitrogens with zero attached hydrogens (tertiary/aromatic N) is 5. The van der Waals surface area contributed by atoms with Crippen molar-refractivity contribution in [1.29, 1.82) is 0 Å². The maximum absolute atomic E-state index is 13.8. The molecule has 1 N–H and O–H groups in total. The highest BCUT2D eigenvalue weighted by Gasteiger charge is 2.36. The summed E-state index contributed by atoms with van der Waals surface area (Å²) in [6, 6.07) is 10.4. The van der Waals surface area contributed by atoms with Crippen molar-refractivity contribution >= 4 is 58.2 Å². The summed E-state index contributed by atoms with van der Waals surface area (Å²) < 4.78 is 25.2. The molecular formula is C37H49N5O10. The van der Waals surface area contributed by atoms with E-state index in [9.17, 15) is 19.2 Å². The molecule has 2 amide bonds. The number of carbonyl (C=O) groups is 5. The van der Waals surface area contributed by atoms with Crippen LogP contribution in [0, 0.1) is 6.92 Å². The Bertz CT molecular complexity index is 1980. The van der Waals surface area contributed by atoms with Crippen LogP contribution in [0.1, 0.15) is 95.8 Å². The highest BCUT2D eigenvalue weighted by atomic mass is 16.6. The Morgan fingerprint density at radius 2 is 1.12 bits per heavy atom. The Kier molecular flexibility index (Phi) is 11.5. The summed E-state index contributed by atoms with van der Waals surface area (Å²) in [7, 11) is 0. The first-order chi connectivity index (χ1) is 23.6. The molecule has 4 aromatic rings. The van der Waals surface area contributed by atoms with Crippen molar-refractivity contribution in [3.63, 3.8) is 0 Å². The molecule has 282 valence electrons. The largest absolute Gasteiger partial charge is 0.481 e. The Morgan fingerprint density at radius 3 is 1.58 bits per heavy atom. The first-order valence-corrected chi connectivity index (χ1v) is 16.5. The first kappa shape index (κ1) is 41.0. The summed E-state index contributed by atoms with van der Waals surface area (Å²) in [6.07, 6.45) is -3.60. The molecule has 1 aromatic carbocycles. The lowest BCUT2D eigenvalue weighted by molar-refractivity contribution is -0.134. The van der Waals surface area contributed by atoms with Gasteiger partial charge in [0.2, 0.25) is 0 Å². The van der Waals surface area contributed by atoms with Gasteiger partial charge in [0.15, 0.2) is 11.5 Å². The number of hydrogen-bond donors (Lipinski definition) is 1. The maximum atomic E-state index is 13.8. The molecule has 0 unspecified atom stereocenters. The predicted molar refractivity (Wildman–Crippen MR) is 195 cm³/mol. The van der Waals surface area contributed by atoms with Crippen LogP contribution in [0.25, 0.3) is 33.3 Å². The molecule has 3 heterocycles. The molecule has 0 bridgehead atoms. The number of benzene rings is 1. The van der Waals surface area contributed by atoms with Gasteiger partial charge in [0.1, 0.15) is 33.7 Å². The van der Waals surface area contributed by atoms with Gasteiger partial charge in [0.05, 0.1) is 11.2 Å². The number of anilines is 1. The summed E-state index contributed by atoms with van der Waals surface area (Å²) in [5.74, 6) is -0.863. The lowest BCUT2D eigenvalue weighted by Gasteiger charge is -2.28. The predicted octanol–water partition coefficient (Wildman–Crippen LogP) is 8.70. The van der Waals surface area contributed by atoms with Crippen molar-refractivity contribution in [2.45, 2.75) is 119 Å². The second-order valence-electron chi connectivity index (χ2n) is 15.9. The minimum absolute atomic E-state index is 0.0348. The van der Waals surface area contributed by atoms with Gasteiger partial charge >= 0.3 is 24.4 Å². The monoisotopic (exact) mass is 723 g/mol. The molecule has 0 atom stereocenters. The molecule has 4 rings (SSSR count). The molecule has 0 fully saturated rings. The Balaban J connectivity index is 0.00000173. The van der Waals surface area contributed by atoms with E-state index in [1.54, 1.807) is 108 Å². The van der Waals surface area contributed by atoms with Crippen LogP contribution in [0.3, 0.4) is 0 Å². The smallest absolute Gasteiger partial charge is 0.425 e. The van der Waals surface area contributed by atoms with Gasteiger partial charge in [-0.05, 0) is 108 Å². The maximum Gasteiger partial charge on any atom is 0.425 e. The van der Waals surface area contributed by atoms with Crippen LogP contribution in [0.15, 0.2) is 36.4 Å². The van der Waals surface area contributed by atoms with Crippen LogP contribution < -0.4 is 4.90 Å². The molecule has 0 aliphatic rings. The van der Waals surface area contributed by atoms with Gasteiger partial charge in [-0.25, -0.2) is 38.3 Å². The zero-order valence-corrected chi connectivity index (χ0v) is 32.3. The van der Waals surface area contributed by atoms with Crippen molar-refractivity contribution < 1.29 is 48.0 Å². The summed E-state index contributed by atoms with van der Waals surface area (Å²) >= 11 is 0. The van der Waals surface area contributed by atoms with Crippen LogP contribution >= 0.6 is 0 Å². The number of ether oxygens (including phenoxy) is 4. The highest BCUT2D eigenvalue weighted by Crippen LogP contribution is 2.37. The Labute approximate surface area is 302 Å². The third kappa shape index (κ3) is 10.5. The van der Waals surface area contributed by atoms with Crippen LogP contribution in [-0.2, 0) is 23.7 Å². The molecule has 0 spiro atoms. The molecule has 0 saturated carbocycles. The number of imidazole rings is 1. The number of aromatic nitrogens is 4. The van der Waals surface area contributed by atoms with E-state index in [2.05, 4.69) is 9.97 Å². The number of fused-ring (bicyclic) bond motifs is 2. The van der Waals surface area contributed by atoms with Crippen molar-refractivity contribution in [2.75, 3.05) is 4.90 Å². The van der Waals surface area contributed by atoms with Gasteiger partial charge < -0.3 is 24.1 Å². The number of carboxylic acid groups (broad SMARTS) is 1. The average molecular weight is 724 g/mol. The molecule has 3 aromatic heterocycles. The van der Waals surface area contributed by atoms with Crippen LogP contribution in [0.4, 0.5) is 25.0 Å². The third-order valence-electron chi connectivity index (χ3n) is 6.29. The van der Waals surface area contributed by atoms with Gasteiger partial charge in [0, 0.05) is 17.9 Å². The van der Waals surface area contributed by atoms with Crippen molar-refractivity contribution in [3.8, 4) is 11.3 Å². The highest BCUT2D eigenvalue weighted by molar-refractivity contribution is 6.11. The standard InChI is InChI=1S/C35H45N5O8.C2H4O2/c1-20-36-26-22(24-18-21-16-14-15-17-23(21)39(24)29(42)46-33(5,6)7)19-25(37-27(26)38(20)28(41)45-32(2,3)4)40(30(43)47-34(8,9)10)31(44)48-35(11,12)13;1-2(3)4/h14-19H,1-13H3;1H3,(H,3,4). The van der Waals surface area contributed by atoms with E-state index in [0.717, 1.165) is 11.5 Å². The van der Waals surface area contributed by atoms with Crippen molar-refractivity contribution in [3.05, 3.63) is 42.2 Å². The van der Waals surface area contributed by atoms with E-state index in [1.165, 1.54) is 10.6 Å². The van der Waals surface area contributed by atoms with E-state index < -0.39 is 52.7 Å². The minimum atomic E-state index is -1.07. The fourth-order valence-electron chi connectivity index (χ4n) is 4.71. The van der Waals surface area contributed by atoms with Crippen LogP contribution in [-0.4, -0.2) is 77.0 Å². The fourth-order valence-corrected chi connectivity index (χ4v) is 4.71. The lowest BCUT2D eigenvalue weighted by Crippen LogP contribution is -2.44. The number of amides is 2. The van der Waals surface area contributed by atoms with Crippen LogP contribution in [0.5, 0.6) is 0 Å². The normalized spacial score (nSPS) is 12.1. The molecule has 15 heteroatoms. The molecule has 15 nitrogen and oxygen atoms in total. The minimum Gasteiger partial charge on any atom is -0.481 e. The van der Waals surface area contributed by atoms with E-state index in [-0.39, 0.29) is 28.4 Å². The number of rotatable bonds is 2. The molecule has 0 aliphatic carbocycles. The van der Waals surface area contributed by atoms with E-state index in [0.29, 0.717) is 21.5 Å². The Hall–Kier alpha value is -5.47. The molecule has 52 heavy (non-hydrogen) atoms.